The number of rotatable bonds is 7. The van der Waals surface area contributed by atoms with Crippen molar-refractivity contribution < 1.29 is 4.79 Å². The van der Waals surface area contributed by atoms with E-state index in [4.69, 9.17) is 0 Å². The molecule has 25 heavy (non-hydrogen) atoms. The van der Waals surface area contributed by atoms with Gasteiger partial charge in [0.25, 0.3) is 0 Å². The third kappa shape index (κ3) is 6.06. The average Bonchev–Trinajstić information content (AvgIpc) is 2.94. The molecule has 0 aliphatic carbocycles. The van der Waals surface area contributed by atoms with E-state index in [1.807, 2.05) is 31.9 Å². The minimum atomic E-state index is -0.406. The number of likely N-dealkylation sites (N-methyl/N-ethyl adjacent to an activating group) is 1. The van der Waals surface area contributed by atoms with E-state index >= 15 is 0 Å². The number of aromatic nitrogens is 2. The van der Waals surface area contributed by atoms with Gasteiger partial charge in [0.05, 0.1) is 12.2 Å². The molecule has 0 fully saturated rings. The van der Waals surface area contributed by atoms with Crippen molar-refractivity contribution in [1.82, 2.24) is 20.4 Å². The highest BCUT2D eigenvalue weighted by Gasteiger charge is 2.21. The zero-order chi connectivity index (χ0) is 17.7. The van der Waals surface area contributed by atoms with E-state index in [-0.39, 0.29) is 24.4 Å². The monoisotopic (exact) mass is 382 g/mol. The number of benzene rings is 1. The Labute approximate surface area is 160 Å². The van der Waals surface area contributed by atoms with E-state index in [0.717, 1.165) is 11.1 Å². The van der Waals surface area contributed by atoms with Gasteiger partial charge in [0.1, 0.15) is 6.04 Å². The van der Waals surface area contributed by atoms with E-state index < -0.39 is 6.04 Å². The molecule has 0 aliphatic heterocycles. The molecule has 2 atom stereocenters. The lowest BCUT2D eigenvalue weighted by molar-refractivity contribution is -0.123. The Kier molecular flexibility index (Phi) is 8.48. The molecule has 0 saturated heterocycles. The fraction of sp³-hybridized carbons (Fsp3) is 0.444. The van der Waals surface area contributed by atoms with E-state index in [1.165, 1.54) is 4.90 Å². The Morgan fingerprint density at radius 2 is 1.80 bits per heavy atom. The molecule has 2 aromatic rings. The van der Waals surface area contributed by atoms with Crippen molar-refractivity contribution >= 4 is 30.1 Å². The number of nitrogens with zero attached hydrogens (tertiary/aromatic N) is 2. The lowest BCUT2D eigenvalue weighted by Crippen LogP contribution is -2.37. The van der Waals surface area contributed by atoms with Gasteiger partial charge in [-0.15, -0.1) is 24.2 Å². The zero-order valence-electron chi connectivity index (χ0n) is 15.3. The van der Waals surface area contributed by atoms with Crippen LogP contribution in [-0.4, -0.2) is 28.0 Å². The first-order chi connectivity index (χ1) is 11.4. The van der Waals surface area contributed by atoms with Crippen LogP contribution in [-0.2, 0) is 11.8 Å². The van der Waals surface area contributed by atoms with Crippen LogP contribution in [0, 0.1) is 0 Å². The van der Waals surface area contributed by atoms with Crippen molar-refractivity contribution in [1.29, 1.82) is 0 Å². The molecular formula is C18H27ClN4OS. The summed E-state index contributed by atoms with van der Waals surface area (Å²) in [5, 5.41) is 10.8. The second-order valence-corrected chi connectivity index (χ2v) is 7.78. The van der Waals surface area contributed by atoms with Crippen molar-refractivity contribution in [3.05, 3.63) is 47.8 Å². The number of carbonyl (C=O) groups excluding carboxylic acids is 1. The van der Waals surface area contributed by atoms with Crippen molar-refractivity contribution in [3.63, 3.8) is 0 Å². The van der Waals surface area contributed by atoms with Gasteiger partial charge < -0.3 is 10.6 Å². The van der Waals surface area contributed by atoms with Crippen molar-refractivity contribution in [3.8, 4) is 0 Å². The molecule has 0 radical (unpaired) electrons. The van der Waals surface area contributed by atoms with E-state index in [1.54, 1.807) is 17.9 Å². The fourth-order valence-corrected chi connectivity index (χ4v) is 3.36. The number of amides is 1. The minimum Gasteiger partial charge on any atom is -0.348 e. The van der Waals surface area contributed by atoms with Crippen LogP contribution in [0.15, 0.2) is 41.6 Å². The highest BCUT2D eigenvalue weighted by Crippen LogP contribution is 2.24. The largest absolute Gasteiger partial charge is 0.348 e. The summed E-state index contributed by atoms with van der Waals surface area (Å²) in [6.45, 7) is 6.36. The Morgan fingerprint density at radius 3 is 2.28 bits per heavy atom. The highest BCUT2D eigenvalue weighted by molar-refractivity contribution is 7.99. The molecule has 0 aliphatic rings. The van der Waals surface area contributed by atoms with Gasteiger partial charge in [-0.2, -0.15) is 5.10 Å². The third-order valence-corrected chi connectivity index (χ3v) is 4.74. The van der Waals surface area contributed by atoms with Crippen LogP contribution in [0.4, 0.5) is 0 Å². The number of hydrogen-bond acceptors (Lipinski definition) is 4. The summed E-state index contributed by atoms with van der Waals surface area (Å²) in [5.74, 6) is -0.0568. The van der Waals surface area contributed by atoms with Crippen LogP contribution < -0.4 is 10.6 Å². The number of aryl methyl sites for hydroxylation is 1. The van der Waals surface area contributed by atoms with Gasteiger partial charge in [0, 0.05) is 29.0 Å². The Hall–Kier alpha value is -1.50. The van der Waals surface area contributed by atoms with Gasteiger partial charge in [0.2, 0.25) is 5.91 Å². The van der Waals surface area contributed by atoms with Crippen molar-refractivity contribution in [2.75, 3.05) is 7.05 Å². The first kappa shape index (κ1) is 21.5. The molecule has 1 amide bonds. The third-order valence-electron chi connectivity index (χ3n) is 3.72. The maximum absolute atomic E-state index is 12.6. The number of thioether (sulfide) groups is 1. The molecule has 1 aromatic heterocycles. The quantitative estimate of drug-likeness (QED) is 0.720. The maximum Gasteiger partial charge on any atom is 0.242 e. The van der Waals surface area contributed by atoms with E-state index in [0.29, 0.717) is 5.25 Å². The molecule has 1 heterocycles. The highest BCUT2D eigenvalue weighted by atomic mass is 35.5. The minimum absolute atomic E-state index is 0. The molecule has 5 nitrogen and oxygen atoms in total. The molecule has 138 valence electrons. The number of hydrogen-bond donors (Lipinski definition) is 2. The number of carbonyl (C=O) groups is 1. The van der Waals surface area contributed by atoms with Crippen LogP contribution in [0.1, 0.15) is 44.0 Å². The summed E-state index contributed by atoms with van der Waals surface area (Å²) in [6.07, 6.45) is 3.56. The van der Waals surface area contributed by atoms with Gasteiger partial charge in [-0.3, -0.25) is 9.48 Å². The van der Waals surface area contributed by atoms with E-state index in [2.05, 4.69) is 53.8 Å². The molecule has 7 heteroatoms. The van der Waals surface area contributed by atoms with Crippen LogP contribution in [0.2, 0.25) is 0 Å². The van der Waals surface area contributed by atoms with Gasteiger partial charge >= 0.3 is 0 Å². The van der Waals surface area contributed by atoms with Crippen LogP contribution >= 0.6 is 24.2 Å². The molecule has 0 saturated carbocycles. The Bertz CT molecular complexity index is 672. The number of nitrogens with one attached hydrogen (secondary N) is 2. The summed E-state index contributed by atoms with van der Waals surface area (Å²) < 4.78 is 1.70. The molecular weight excluding hydrogens is 356 g/mol. The lowest BCUT2D eigenvalue weighted by atomic mass is 10.1. The van der Waals surface area contributed by atoms with Gasteiger partial charge in [-0.1, -0.05) is 26.0 Å². The first-order valence-corrected chi connectivity index (χ1v) is 9.01. The van der Waals surface area contributed by atoms with Gasteiger partial charge in [-0.25, -0.2) is 0 Å². The molecule has 0 bridgehead atoms. The first-order valence-electron chi connectivity index (χ1n) is 8.13. The average molecular weight is 383 g/mol. The second kappa shape index (κ2) is 9.85. The smallest absolute Gasteiger partial charge is 0.242 e. The SMILES string of the molecule is CNC(C(=O)NC(C)c1ccc(SC(C)C)cc1)c1cnn(C)c1.Cl. The molecule has 2 rings (SSSR count). The van der Waals surface area contributed by atoms with Crippen LogP contribution in [0.3, 0.4) is 0 Å². The predicted octanol–water partition coefficient (Wildman–Crippen LogP) is 3.48. The van der Waals surface area contributed by atoms with Gasteiger partial charge in [0.15, 0.2) is 0 Å². The zero-order valence-corrected chi connectivity index (χ0v) is 16.9. The van der Waals surface area contributed by atoms with Crippen molar-refractivity contribution in [2.24, 2.45) is 7.05 Å². The normalized spacial score (nSPS) is 13.2. The number of halogens is 1. The molecule has 0 spiro atoms. The fourth-order valence-electron chi connectivity index (χ4n) is 2.53. The summed E-state index contributed by atoms with van der Waals surface area (Å²) in [6, 6.07) is 7.92. The van der Waals surface area contributed by atoms with Crippen LogP contribution in [0.25, 0.3) is 0 Å². The predicted molar refractivity (Wildman–Crippen MR) is 106 cm³/mol. The standard InChI is InChI=1S/C18H26N4OS.ClH/c1-12(2)24-16-8-6-14(7-9-16)13(3)21-18(23)17(19-4)15-10-20-22(5)11-15;/h6-13,17,19H,1-5H3,(H,21,23);1H. The summed E-state index contributed by atoms with van der Waals surface area (Å²) in [5.41, 5.74) is 1.95. The summed E-state index contributed by atoms with van der Waals surface area (Å²) in [7, 11) is 3.62. The van der Waals surface area contributed by atoms with Gasteiger partial charge in [-0.05, 0) is 31.7 Å². The molecule has 1 aromatic carbocycles. The Balaban J connectivity index is 0.00000312. The second-order valence-electron chi connectivity index (χ2n) is 6.13. The molecule has 2 unspecified atom stereocenters. The molecule has 2 N–H and O–H groups in total. The summed E-state index contributed by atoms with van der Waals surface area (Å²) >= 11 is 1.83. The van der Waals surface area contributed by atoms with E-state index in [9.17, 15) is 4.79 Å². The van der Waals surface area contributed by atoms with Crippen molar-refractivity contribution in [2.45, 2.75) is 43.0 Å². The summed E-state index contributed by atoms with van der Waals surface area (Å²) in [4.78, 5) is 13.8. The Morgan fingerprint density at radius 1 is 1.16 bits per heavy atom. The topological polar surface area (TPSA) is 59.0 Å². The lowest BCUT2D eigenvalue weighted by Gasteiger charge is -2.19. The van der Waals surface area contributed by atoms with Crippen LogP contribution in [0.5, 0.6) is 0 Å². The maximum atomic E-state index is 12.6.